The van der Waals surface area contributed by atoms with Gasteiger partial charge in [0.15, 0.2) is 0 Å². The maximum atomic E-state index is 12.2. The van der Waals surface area contributed by atoms with Gasteiger partial charge in [0.1, 0.15) is 0 Å². The average molecular weight is 285 g/mol. The van der Waals surface area contributed by atoms with Crippen LogP contribution in [0.2, 0.25) is 0 Å². The second kappa shape index (κ2) is 8.09. The molecule has 1 rings (SSSR count). The number of aliphatic hydroxyl groups is 1. The van der Waals surface area contributed by atoms with E-state index in [0.29, 0.717) is 13.0 Å². The zero-order chi connectivity index (χ0) is 15.1. The Morgan fingerprint density at radius 3 is 2.75 bits per heavy atom. The van der Waals surface area contributed by atoms with E-state index in [9.17, 15) is 9.59 Å². The predicted molar refractivity (Wildman–Crippen MR) is 77.3 cm³/mol. The second-order valence-corrected chi connectivity index (χ2v) is 5.74. The van der Waals surface area contributed by atoms with Crippen molar-refractivity contribution in [2.45, 2.75) is 38.6 Å². The number of nitrogens with zero attached hydrogens (tertiary/aromatic N) is 2. The van der Waals surface area contributed by atoms with E-state index in [-0.39, 0.29) is 30.5 Å². The van der Waals surface area contributed by atoms with E-state index in [1.54, 1.807) is 23.9 Å². The third-order valence-electron chi connectivity index (χ3n) is 3.63. The molecule has 1 fully saturated rings. The highest BCUT2D eigenvalue weighted by Gasteiger charge is 2.29. The Morgan fingerprint density at radius 1 is 1.45 bits per heavy atom. The number of hydrogen-bond acceptors (Lipinski definition) is 3. The monoisotopic (exact) mass is 285 g/mol. The van der Waals surface area contributed by atoms with Gasteiger partial charge in [-0.1, -0.05) is 0 Å². The molecule has 2 unspecified atom stereocenters. The van der Waals surface area contributed by atoms with Crippen molar-refractivity contribution in [3.05, 3.63) is 0 Å². The summed E-state index contributed by atoms with van der Waals surface area (Å²) in [6.07, 6.45) is 3.16. The van der Waals surface area contributed by atoms with Crippen molar-refractivity contribution in [3.63, 3.8) is 0 Å². The summed E-state index contributed by atoms with van der Waals surface area (Å²) in [5, 5.41) is 11.8. The number of rotatable bonds is 5. The molecule has 2 atom stereocenters. The lowest BCUT2D eigenvalue weighted by Crippen LogP contribution is -2.49. The number of amides is 3. The first-order valence-corrected chi connectivity index (χ1v) is 7.33. The zero-order valence-electron chi connectivity index (χ0n) is 12.8. The fraction of sp³-hybridized carbons (Fsp3) is 0.857. The van der Waals surface area contributed by atoms with Crippen LogP contribution in [0.1, 0.15) is 32.6 Å². The van der Waals surface area contributed by atoms with Gasteiger partial charge in [-0.3, -0.25) is 4.79 Å². The minimum atomic E-state index is -0.121. The van der Waals surface area contributed by atoms with E-state index < -0.39 is 0 Å². The van der Waals surface area contributed by atoms with Crippen LogP contribution in [-0.2, 0) is 4.79 Å². The van der Waals surface area contributed by atoms with Gasteiger partial charge in [0, 0.05) is 39.8 Å². The van der Waals surface area contributed by atoms with E-state index >= 15 is 0 Å². The molecule has 0 aromatic carbocycles. The molecule has 2 N–H and O–H groups in total. The third kappa shape index (κ3) is 5.00. The molecule has 0 saturated carbocycles. The fourth-order valence-electron chi connectivity index (χ4n) is 2.48. The van der Waals surface area contributed by atoms with Crippen LogP contribution in [-0.4, -0.2) is 66.7 Å². The minimum Gasteiger partial charge on any atom is -0.396 e. The Morgan fingerprint density at radius 2 is 2.15 bits per heavy atom. The average Bonchev–Trinajstić information content (AvgIpc) is 2.44. The number of hydrogen-bond donors (Lipinski definition) is 2. The van der Waals surface area contributed by atoms with Gasteiger partial charge in [-0.05, 0) is 32.6 Å². The zero-order valence-corrected chi connectivity index (χ0v) is 12.8. The molecular weight excluding hydrogens is 258 g/mol. The number of piperidine rings is 1. The molecule has 0 bridgehead atoms. The quantitative estimate of drug-likeness (QED) is 0.779. The topological polar surface area (TPSA) is 72.9 Å². The van der Waals surface area contributed by atoms with Gasteiger partial charge >= 0.3 is 6.03 Å². The summed E-state index contributed by atoms with van der Waals surface area (Å²) in [4.78, 5) is 27.4. The first-order valence-electron chi connectivity index (χ1n) is 7.33. The van der Waals surface area contributed by atoms with Gasteiger partial charge in [-0.25, -0.2) is 4.79 Å². The molecule has 20 heavy (non-hydrogen) atoms. The molecule has 1 saturated heterocycles. The summed E-state index contributed by atoms with van der Waals surface area (Å²) in [5.74, 6) is -0.101. The molecule has 0 radical (unpaired) electrons. The summed E-state index contributed by atoms with van der Waals surface area (Å²) in [5.41, 5.74) is 0. The fourth-order valence-corrected chi connectivity index (χ4v) is 2.48. The van der Waals surface area contributed by atoms with Crippen molar-refractivity contribution in [1.82, 2.24) is 15.1 Å². The van der Waals surface area contributed by atoms with Crippen LogP contribution in [0, 0.1) is 5.92 Å². The molecule has 1 aliphatic heterocycles. The molecular formula is C14H27N3O3. The van der Waals surface area contributed by atoms with E-state index in [1.165, 1.54) is 0 Å². The Balaban J connectivity index is 2.46. The van der Waals surface area contributed by atoms with Gasteiger partial charge < -0.3 is 20.2 Å². The number of aliphatic hydroxyl groups excluding tert-OH is 1. The van der Waals surface area contributed by atoms with Crippen molar-refractivity contribution >= 4 is 11.9 Å². The highest BCUT2D eigenvalue weighted by molar-refractivity contribution is 5.81. The van der Waals surface area contributed by atoms with E-state index in [1.807, 2.05) is 6.92 Å². The molecule has 0 spiro atoms. The van der Waals surface area contributed by atoms with Crippen LogP contribution in [0.5, 0.6) is 0 Å². The van der Waals surface area contributed by atoms with Crippen LogP contribution < -0.4 is 5.32 Å². The van der Waals surface area contributed by atoms with Crippen LogP contribution in [0.3, 0.4) is 0 Å². The lowest BCUT2D eigenvalue weighted by molar-refractivity contribution is -0.127. The van der Waals surface area contributed by atoms with Crippen LogP contribution in [0.25, 0.3) is 0 Å². The molecule has 1 aliphatic rings. The first-order chi connectivity index (χ1) is 9.45. The van der Waals surface area contributed by atoms with Crippen molar-refractivity contribution in [2.75, 3.05) is 33.8 Å². The molecule has 1 heterocycles. The van der Waals surface area contributed by atoms with Gasteiger partial charge in [0.2, 0.25) is 5.91 Å². The first kappa shape index (κ1) is 16.8. The van der Waals surface area contributed by atoms with Crippen LogP contribution >= 0.6 is 0 Å². The Labute approximate surface area is 121 Å². The van der Waals surface area contributed by atoms with Crippen molar-refractivity contribution in [1.29, 1.82) is 0 Å². The molecule has 0 aromatic rings. The summed E-state index contributed by atoms with van der Waals surface area (Å²) >= 11 is 0. The summed E-state index contributed by atoms with van der Waals surface area (Å²) < 4.78 is 0. The van der Waals surface area contributed by atoms with Gasteiger partial charge in [-0.2, -0.15) is 0 Å². The maximum Gasteiger partial charge on any atom is 0.319 e. The lowest BCUT2D eigenvalue weighted by Gasteiger charge is -2.34. The van der Waals surface area contributed by atoms with Gasteiger partial charge in [0.05, 0.1) is 5.92 Å². The Kier molecular flexibility index (Phi) is 6.78. The highest BCUT2D eigenvalue weighted by Crippen LogP contribution is 2.18. The standard InChI is InChI=1S/C14H27N3O3/c1-11(6-5-9-18)15-13(19)12-7-4-8-17(10-12)14(20)16(2)3/h11-12,18H,4-10H2,1-3H3,(H,15,19). The predicted octanol–water partition coefficient (Wildman–Crippen LogP) is 0.657. The lowest BCUT2D eigenvalue weighted by atomic mass is 9.97. The van der Waals surface area contributed by atoms with E-state index in [4.69, 9.17) is 5.11 Å². The molecule has 6 nitrogen and oxygen atoms in total. The van der Waals surface area contributed by atoms with Gasteiger partial charge in [-0.15, -0.1) is 0 Å². The Hall–Kier alpha value is -1.30. The van der Waals surface area contributed by atoms with Crippen molar-refractivity contribution in [2.24, 2.45) is 5.92 Å². The molecule has 3 amide bonds. The van der Waals surface area contributed by atoms with Crippen molar-refractivity contribution < 1.29 is 14.7 Å². The van der Waals surface area contributed by atoms with Crippen LogP contribution in [0.4, 0.5) is 4.79 Å². The number of carbonyl (C=O) groups excluding carboxylic acids is 2. The largest absolute Gasteiger partial charge is 0.396 e. The molecule has 6 heteroatoms. The number of carbonyl (C=O) groups is 2. The number of urea groups is 1. The third-order valence-corrected chi connectivity index (χ3v) is 3.63. The van der Waals surface area contributed by atoms with E-state index in [0.717, 1.165) is 25.8 Å². The smallest absolute Gasteiger partial charge is 0.319 e. The van der Waals surface area contributed by atoms with Crippen molar-refractivity contribution in [3.8, 4) is 0 Å². The molecule has 116 valence electrons. The minimum absolute atomic E-state index is 0.0201. The number of likely N-dealkylation sites (tertiary alicyclic amines) is 1. The van der Waals surface area contributed by atoms with Gasteiger partial charge in [0.25, 0.3) is 0 Å². The highest BCUT2D eigenvalue weighted by atomic mass is 16.3. The van der Waals surface area contributed by atoms with E-state index in [2.05, 4.69) is 5.32 Å². The summed E-state index contributed by atoms with van der Waals surface area (Å²) in [6, 6.07) is 0.0328. The SMILES string of the molecule is CC(CCCO)NC(=O)C1CCCN(C(=O)N(C)C)C1. The summed E-state index contributed by atoms with van der Waals surface area (Å²) in [6.45, 7) is 3.31. The molecule has 0 aromatic heterocycles. The Bertz CT molecular complexity index is 334. The number of nitrogens with one attached hydrogen (secondary N) is 1. The maximum absolute atomic E-state index is 12.2. The van der Waals surface area contributed by atoms with Crippen LogP contribution in [0.15, 0.2) is 0 Å². The normalized spacial score (nSPS) is 20.4. The summed E-state index contributed by atoms with van der Waals surface area (Å²) in [7, 11) is 3.45. The second-order valence-electron chi connectivity index (χ2n) is 5.74. The molecule has 0 aliphatic carbocycles.